The minimum atomic E-state index is -0.196. The van der Waals surface area contributed by atoms with E-state index in [4.69, 9.17) is 9.72 Å². The van der Waals surface area contributed by atoms with Crippen LogP contribution in [-0.4, -0.2) is 44.5 Å². The second-order valence-electron chi connectivity index (χ2n) is 6.89. The Morgan fingerprint density at radius 3 is 2.93 bits per heavy atom. The number of benzene rings is 1. The maximum atomic E-state index is 13.0. The average molecular weight is 405 g/mol. The van der Waals surface area contributed by atoms with Gasteiger partial charge in [-0.25, -0.2) is 4.98 Å². The van der Waals surface area contributed by atoms with E-state index in [-0.39, 0.29) is 12.5 Å². The van der Waals surface area contributed by atoms with Gasteiger partial charge in [0.1, 0.15) is 17.1 Å². The van der Waals surface area contributed by atoms with Crippen molar-refractivity contribution >= 4 is 16.9 Å². The molecule has 4 aromatic rings. The van der Waals surface area contributed by atoms with Gasteiger partial charge in [-0.2, -0.15) is 5.10 Å². The van der Waals surface area contributed by atoms with Crippen LogP contribution in [0.25, 0.3) is 22.3 Å². The smallest absolute Gasteiger partial charge is 0.268 e. The van der Waals surface area contributed by atoms with Gasteiger partial charge in [-0.1, -0.05) is 12.1 Å². The first-order valence-electron chi connectivity index (χ1n) is 9.71. The third-order valence-corrected chi connectivity index (χ3v) is 4.90. The summed E-state index contributed by atoms with van der Waals surface area (Å²) in [5, 5.41) is 19.9. The largest absolute Gasteiger partial charge is 0.497 e. The number of methoxy groups -OCH3 is 1. The molecule has 0 saturated heterocycles. The Morgan fingerprint density at radius 2 is 2.17 bits per heavy atom. The maximum Gasteiger partial charge on any atom is 0.268 e. The fourth-order valence-electron chi connectivity index (χ4n) is 3.38. The second kappa shape index (κ2) is 8.79. The third kappa shape index (κ3) is 4.04. The molecule has 0 radical (unpaired) electrons. The molecule has 3 aromatic heterocycles. The van der Waals surface area contributed by atoms with Gasteiger partial charge in [0.2, 0.25) is 0 Å². The lowest BCUT2D eigenvalue weighted by atomic mass is 10.2. The van der Waals surface area contributed by atoms with E-state index >= 15 is 0 Å². The summed E-state index contributed by atoms with van der Waals surface area (Å²) >= 11 is 0. The third-order valence-electron chi connectivity index (χ3n) is 4.90. The van der Waals surface area contributed by atoms with Crippen molar-refractivity contribution in [3.8, 4) is 17.0 Å². The van der Waals surface area contributed by atoms with Crippen LogP contribution in [0, 0.1) is 0 Å². The van der Waals surface area contributed by atoms with Gasteiger partial charge < -0.3 is 19.7 Å². The monoisotopic (exact) mass is 405 g/mol. The summed E-state index contributed by atoms with van der Waals surface area (Å²) in [5.41, 5.74) is 3.80. The lowest BCUT2D eigenvalue weighted by molar-refractivity contribution is 0.0941. The SMILES string of the molecule is COc1cccc(CNC(=O)c2cc3ccc(-c4cn[nH]c4)nc3n2CCCO)c1. The number of nitrogens with one attached hydrogen (secondary N) is 2. The van der Waals surface area contributed by atoms with Crippen LogP contribution in [-0.2, 0) is 13.1 Å². The Kier molecular flexibility index (Phi) is 5.76. The van der Waals surface area contributed by atoms with Crippen LogP contribution in [0.15, 0.2) is 54.9 Å². The van der Waals surface area contributed by atoms with E-state index in [1.165, 1.54) is 0 Å². The van der Waals surface area contributed by atoms with Gasteiger partial charge in [0.05, 0.1) is 19.0 Å². The summed E-state index contributed by atoms with van der Waals surface area (Å²) in [5.74, 6) is 0.549. The Balaban J connectivity index is 1.63. The molecule has 8 nitrogen and oxygen atoms in total. The molecular formula is C22H23N5O3. The molecule has 1 aromatic carbocycles. The quantitative estimate of drug-likeness (QED) is 0.418. The van der Waals surface area contributed by atoms with E-state index < -0.39 is 0 Å². The summed E-state index contributed by atoms with van der Waals surface area (Å²) in [4.78, 5) is 17.7. The number of rotatable bonds is 8. The molecular weight excluding hydrogens is 382 g/mol. The molecule has 1 amide bonds. The van der Waals surface area contributed by atoms with Crippen molar-refractivity contribution in [3.05, 3.63) is 66.1 Å². The van der Waals surface area contributed by atoms with Crippen molar-refractivity contribution in [2.24, 2.45) is 0 Å². The van der Waals surface area contributed by atoms with Crippen LogP contribution in [0.4, 0.5) is 0 Å². The summed E-state index contributed by atoms with van der Waals surface area (Å²) in [7, 11) is 1.61. The van der Waals surface area contributed by atoms with Crippen LogP contribution in [0.1, 0.15) is 22.5 Å². The molecule has 0 saturated carbocycles. The Labute approximate surface area is 173 Å². The van der Waals surface area contributed by atoms with E-state index in [9.17, 15) is 9.90 Å². The average Bonchev–Trinajstić information content (AvgIpc) is 3.44. The number of aromatic amines is 1. The summed E-state index contributed by atoms with van der Waals surface area (Å²) in [6, 6.07) is 13.3. The van der Waals surface area contributed by atoms with Crippen molar-refractivity contribution in [1.82, 2.24) is 25.1 Å². The number of aliphatic hydroxyl groups is 1. The number of amides is 1. The molecule has 0 atom stereocenters. The molecule has 154 valence electrons. The fraction of sp³-hybridized carbons (Fsp3) is 0.227. The zero-order valence-electron chi connectivity index (χ0n) is 16.6. The number of hydrogen-bond acceptors (Lipinski definition) is 5. The van der Waals surface area contributed by atoms with E-state index in [1.54, 1.807) is 19.5 Å². The van der Waals surface area contributed by atoms with Crippen LogP contribution < -0.4 is 10.1 Å². The first-order valence-corrected chi connectivity index (χ1v) is 9.71. The zero-order valence-corrected chi connectivity index (χ0v) is 16.6. The number of hydrogen-bond donors (Lipinski definition) is 3. The second-order valence-corrected chi connectivity index (χ2v) is 6.89. The Bertz CT molecular complexity index is 1150. The number of H-pyrrole nitrogens is 1. The van der Waals surface area contributed by atoms with Gasteiger partial charge in [-0.15, -0.1) is 0 Å². The normalized spacial score (nSPS) is 11.0. The van der Waals surface area contributed by atoms with Crippen molar-refractivity contribution in [2.75, 3.05) is 13.7 Å². The lowest BCUT2D eigenvalue weighted by Gasteiger charge is -2.11. The van der Waals surface area contributed by atoms with Gasteiger partial charge in [-0.3, -0.25) is 9.89 Å². The number of carbonyl (C=O) groups excluding carboxylic acids is 1. The molecule has 8 heteroatoms. The van der Waals surface area contributed by atoms with Crippen molar-refractivity contribution in [2.45, 2.75) is 19.5 Å². The molecule has 0 fully saturated rings. The van der Waals surface area contributed by atoms with Gasteiger partial charge in [-0.05, 0) is 42.3 Å². The standard InChI is InChI=1S/C22H23N5O3/c1-30-18-5-2-4-15(10-18)12-23-22(29)20-11-16-6-7-19(17-13-24-25-14-17)26-21(16)27(20)8-3-9-28/h2,4-7,10-11,13-14,28H,3,8-9,12H2,1H3,(H,23,29)(H,24,25). The van der Waals surface area contributed by atoms with E-state index in [0.717, 1.165) is 28.0 Å². The minimum Gasteiger partial charge on any atom is -0.497 e. The highest BCUT2D eigenvalue weighted by atomic mass is 16.5. The number of ether oxygens (including phenoxy) is 1. The summed E-state index contributed by atoms with van der Waals surface area (Å²) < 4.78 is 7.09. The Hall–Kier alpha value is -3.65. The van der Waals surface area contributed by atoms with Crippen molar-refractivity contribution in [1.29, 1.82) is 0 Å². The number of pyridine rings is 1. The van der Waals surface area contributed by atoms with Crippen molar-refractivity contribution < 1.29 is 14.6 Å². The van der Waals surface area contributed by atoms with Gasteiger partial charge in [0.15, 0.2) is 0 Å². The number of aryl methyl sites for hydroxylation is 1. The first-order chi connectivity index (χ1) is 14.7. The molecule has 4 rings (SSSR count). The molecule has 3 heterocycles. The fourth-order valence-corrected chi connectivity index (χ4v) is 3.38. The van der Waals surface area contributed by atoms with Crippen LogP contribution in [0.5, 0.6) is 5.75 Å². The van der Waals surface area contributed by atoms with Crippen LogP contribution in [0.2, 0.25) is 0 Å². The highest BCUT2D eigenvalue weighted by molar-refractivity contribution is 5.98. The minimum absolute atomic E-state index is 0.0337. The van der Waals surface area contributed by atoms with Crippen LogP contribution >= 0.6 is 0 Å². The van der Waals surface area contributed by atoms with Gasteiger partial charge in [0, 0.05) is 36.8 Å². The molecule has 0 unspecified atom stereocenters. The maximum absolute atomic E-state index is 13.0. The molecule has 0 aliphatic heterocycles. The number of aliphatic hydroxyl groups excluding tert-OH is 1. The molecule has 0 bridgehead atoms. The molecule has 0 spiro atoms. The number of fused-ring (bicyclic) bond motifs is 1. The predicted octanol–water partition coefficient (Wildman–Crippen LogP) is 2.75. The topological polar surface area (TPSA) is 105 Å². The van der Waals surface area contributed by atoms with E-state index in [0.29, 0.717) is 30.9 Å². The Morgan fingerprint density at radius 1 is 1.27 bits per heavy atom. The highest BCUT2D eigenvalue weighted by Crippen LogP contribution is 2.24. The van der Waals surface area contributed by atoms with Gasteiger partial charge in [0.25, 0.3) is 5.91 Å². The number of carbonyl (C=O) groups is 1. The number of nitrogens with zero attached hydrogens (tertiary/aromatic N) is 3. The predicted molar refractivity (Wildman–Crippen MR) is 113 cm³/mol. The highest BCUT2D eigenvalue weighted by Gasteiger charge is 2.17. The van der Waals surface area contributed by atoms with E-state index in [1.807, 2.05) is 47.0 Å². The molecule has 0 aliphatic rings. The van der Waals surface area contributed by atoms with Crippen molar-refractivity contribution in [3.63, 3.8) is 0 Å². The van der Waals surface area contributed by atoms with Gasteiger partial charge >= 0.3 is 0 Å². The molecule has 30 heavy (non-hydrogen) atoms. The summed E-state index contributed by atoms with van der Waals surface area (Å²) in [6.45, 7) is 0.904. The zero-order chi connectivity index (χ0) is 20.9. The molecule has 0 aliphatic carbocycles. The first kappa shape index (κ1) is 19.7. The lowest BCUT2D eigenvalue weighted by Crippen LogP contribution is -2.25. The van der Waals surface area contributed by atoms with Crippen LogP contribution in [0.3, 0.4) is 0 Å². The molecule has 3 N–H and O–H groups in total. The number of aromatic nitrogens is 4. The summed E-state index contributed by atoms with van der Waals surface area (Å²) in [6.07, 6.45) is 4.01. The van der Waals surface area contributed by atoms with E-state index in [2.05, 4.69) is 15.5 Å².